The van der Waals surface area contributed by atoms with Gasteiger partial charge in [0.05, 0.1) is 6.61 Å². The fourth-order valence-electron chi connectivity index (χ4n) is 4.03. The highest BCUT2D eigenvalue weighted by Crippen LogP contribution is 2.41. The standard InChI is InChI=1S/C27H35N3O6/c1-16-9-6-7-12-20(16)28-24(33)23(18-10-8-11-19(32)14-18)30(22-13-17(22)2)25(34)21(15-31)29-26(35)36-27(3,4)5/h6-12,14,17,21-23,31-32H,13,15H2,1-5H3,(H,28,33)(H,29,35). The number of phenols is 1. The monoisotopic (exact) mass is 497 g/mol. The van der Waals surface area contributed by atoms with E-state index in [1.165, 1.54) is 17.0 Å². The molecule has 36 heavy (non-hydrogen) atoms. The number of benzene rings is 2. The molecule has 0 radical (unpaired) electrons. The number of aliphatic hydroxyl groups excluding tert-OH is 1. The van der Waals surface area contributed by atoms with Crippen LogP contribution in [0.5, 0.6) is 5.75 Å². The number of ether oxygens (including phenoxy) is 1. The average Bonchev–Trinajstić information content (AvgIpc) is 3.51. The number of alkyl carbamates (subject to hydrolysis) is 1. The first kappa shape index (κ1) is 27.0. The number of para-hydroxylation sites is 1. The van der Waals surface area contributed by atoms with Gasteiger partial charge in [-0.15, -0.1) is 0 Å². The largest absolute Gasteiger partial charge is 0.508 e. The molecule has 1 fully saturated rings. The maximum atomic E-state index is 13.8. The van der Waals surface area contributed by atoms with E-state index in [0.29, 0.717) is 17.7 Å². The van der Waals surface area contributed by atoms with E-state index in [0.717, 1.165) is 5.56 Å². The highest BCUT2D eigenvalue weighted by Gasteiger charge is 2.48. The molecule has 4 atom stereocenters. The van der Waals surface area contributed by atoms with Crippen LogP contribution in [0.25, 0.3) is 0 Å². The number of aryl methyl sites for hydroxylation is 1. The van der Waals surface area contributed by atoms with E-state index < -0.39 is 42.2 Å². The number of aromatic hydroxyl groups is 1. The number of anilines is 1. The van der Waals surface area contributed by atoms with Gasteiger partial charge >= 0.3 is 6.09 Å². The molecule has 1 aliphatic carbocycles. The molecule has 194 valence electrons. The summed E-state index contributed by atoms with van der Waals surface area (Å²) in [6.07, 6.45) is -0.194. The number of nitrogens with zero attached hydrogens (tertiary/aromatic N) is 1. The van der Waals surface area contributed by atoms with Crippen molar-refractivity contribution in [2.24, 2.45) is 5.92 Å². The van der Waals surface area contributed by atoms with E-state index in [2.05, 4.69) is 10.6 Å². The van der Waals surface area contributed by atoms with E-state index in [4.69, 9.17) is 4.74 Å². The summed E-state index contributed by atoms with van der Waals surface area (Å²) in [5.74, 6) is -1.04. The first-order valence-electron chi connectivity index (χ1n) is 12.0. The van der Waals surface area contributed by atoms with Crippen LogP contribution in [0, 0.1) is 12.8 Å². The van der Waals surface area contributed by atoms with E-state index in [-0.39, 0.29) is 17.7 Å². The SMILES string of the molecule is Cc1ccccc1NC(=O)C(c1cccc(O)c1)N(C(=O)C(CO)NC(=O)OC(C)(C)C)C1CC1C. The molecule has 1 saturated carbocycles. The van der Waals surface area contributed by atoms with Crippen LogP contribution in [0.4, 0.5) is 10.5 Å². The van der Waals surface area contributed by atoms with Crippen LogP contribution < -0.4 is 10.6 Å². The van der Waals surface area contributed by atoms with Crippen LogP contribution in [-0.2, 0) is 14.3 Å². The van der Waals surface area contributed by atoms with Crippen molar-refractivity contribution >= 4 is 23.6 Å². The van der Waals surface area contributed by atoms with Crippen LogP contribution in [0.1, 0.15) is 51.3 Å². The quantitative estimate of drug-likeness (QED) is 0.442. The predicted molar refractivity (Wildman–Crippen MR) is 135 cm³/mol. The third-order valence-electron chi connectivity index (χ3n) is 5.97. The third-order valence-corrected chi connectivity index (χ3v) is 5.97. The van der Waals surface area contributed by atoms with Gasteiger partial charge in [0.25, 0.3) is 5.91 Å². The molecule has 0 aliphatic heterocycles. The maximum Gasteiger partial charge on any atom is 0.408 e. The Morgan fingerprint density at radius 2 is 1.81 bits per heavy atom. The van der Waals surface area contributed by atoms with Gasteiger partial charge in [-0.3, -0.25) is 9.59 Å². The van der Waals surface area contributed by atoms with E-state index in [1.54, 1.807) is 45.0 Å². The second-order valence-corrected chi connectivity index (χ2v) is 10.2. The molecule has 9 heteroatoms. The van der Waals surface area contributed by atoms with Crippen molar-refractivity contribution in [3.05, 3.63) is 59.7 Å². The molecule has 4 unspecified atom stereocenters. The molecule has 0 bridgehead atoms. The Morgan fingerprint density at radius 3 is 2.36 bits per heavy atom. The molecule has 1 aliphatic rings. The summed E-state index contributed by atoms with van der Waals surface area (Å²) in [7, 11) is 0. The number of hydrogen-bond acceptors (Lipinski definition) is 6. The van der Waals surface area contributed by atoms with Gasteiger partial charge in [0.2, 0.25) is 5.91 Å². The molecule has 0 heterocycles. The summed E-state index contributed by atoms with van der Waals surface area (Å²) in [5, 5.41) is 25.5. The number of amides is 3. The molecular weight excluding hydrogens is 462 g/mol. The molecule has 0 saturated heterocycles. The molecule has 2 aromatic carbocycles. The Kier molecular flexibility index (Phi) is 8.24. The first-order chi connectivity index (χ1) is 16.9. The lowest BCUT2D eigenvalue weighted by Crippen LogP contribution is -2.54. The lowest BCUT2D eigenvalue weighted by atomic mass is 10.0. The Balaban J connectivity index is 1.99. The molecule has 3 amide bonds. The first-order valence-corrected chi connectivity index (χ1v) is 12.0. The van der Waals surface area contributed by atoms with Crippen molar-refractivity contribution in [2.45, 2.75) is 64.8 Å². The zero-order valence-electron chi connectivity index (χ0n) is 21.3. The molecular formula is C27H35N3O6. The van der Waals surface area contributed by atoms with Crippen molar-refractivity contribution < 1.29 is 29.3 Å². The smallest absolute Gasteiger partial charge is 0.408 e. The summed E-state index contributed by atoms with van der Waals surface area (Å²) in [6, 6.07) is 10.7. The predicted octanol–water partition coefficient (Wildman–Crippen LogP) is 3.50. The second kappa shape index (κ2) is 11.0. The normalized spacial score (nSPS) is 18.5. The summed E-state index contributed by atoms with van der Waals surface area (Å²) in [4.78, 5) is 41.3. The van der Waals surface area contributed by atoms with Gasteiger partial charge in [-0.05, 0) is 69.4 Å². The Morgan fingerprint density at radius 1 is 1.14 bits per heavy atom. The number of carbonyl (C=O) groups excluding carboxylic acids is 3. The van der Waals surface area contributed by atoms with Crippen molar-refractivity contribution in [3.63, 3.8) is 0 Å². The summed E-state index contributed by atoms with van der Waals surface area (Å²) in [6.45, 7) is 8.20. The van der Waals surface area contributed by atoms with Gasteiger partial charge in [-0.2, -0.15) is 0 Å². The Bertz CT molecular complexity index is 1110. The van der Waals surface area contributed by atoms with Crippen molar-refractivity contribution in [3.8, 4) is 5.75 Å². The molecule has 4 N–H and O–H groups in total. The number of hydrogen-bond donors (Lipinski definition) is 4. The minimum Gasteiger partial charge on any atom is -0.508 e. The van der Waals surface area contributed by atoms with Gasteiger partial charge in [-0.25, -0.2) is 4.79 Å². The topological polar surface area (TPSA) is 128 Å². The van der Waals surface area contributed by atoms with Crippen LogP contribution in [0.2, 0.25) is 0 Å². The zero-order chi connectivity index (χ0) is 26.6. The van der Waals surface area contributed by atoms with Crippen LogP contribution >= 0.6 is 0 Å². The van der Waals surface area contributed by atoms with E-state index in [9.17, 15) is 24.6 Å². The van der Waals surface area contributed by atoms with Crippen molar-refractivity contribution in [1.82, 2.24) is 10.2 Å². The highest BCUT2D eigenvalue weighted by molar-refractivity contribution is 5.99. The van der Waals surface area contributed by atoms with E-state index in [1.807, 2.05) is 26.0 Å². The van der Waals surface area contributed by atoms with Crippen LogP contribution in [0.15, 0.2) is 48.5 Å². The number of carbonyl (C=O) groups is 3. The molecule has 0 spiro atoms. The summed E-state index contributed by atoms with van der Waals surface area (Å²) in [5.41, 5.74) is 1.05. The fraction of sp³-hybridized carbons (Fsp3) is 0.444. The molecule has 9 nitrogen and oxygen atoms in total. The van der Waals surface area contributed by atoms with Crippen molar-refractivity contribution in [1.29, 1.82) is 0 Å². The molecule has 3 rings (SSSR count). The summed E-state index contributed by atoms with van der Waals surface area (Å²) >= 11 is 0. The molecule has 0 aromatic heterocycles. The van der Waals surface area contributed by atoms with Gasteiger partial charge in [0.1, 0.15) is 23.4 Å². The second-order valence-electron chi connectivity index (χ2n) is 10.2. The van der Waals surface area contributed by atoms with Gasteiger partial charge < -0.3 is 30.5 Å². The van der Waals surface area contributed by atoms with Crippen LogP contribution in [-0.4, -0.2) is 57.3 Å². The number of rotatable bonds is 8. The van der Waals surface area contributed by atoms with Crippen molar-refractivity contribution in [2.75, 3.05) is 11.9 Å². The summed E-state index contributed by atoms with van der Waals surface area (Å²) < 4.78 is 5.25. The lowest BCUT2D eigenvalue weighted by Gasteiger charge is -2.34. The zero-order valence-corrected chi connectivity index (χ0v) is 21.3. The van der Waals surface area contributed by atoms with Gasteiger partial charge in [0.15, 0.2) is 0 Å². The van der Waals surface area contributed by atoms with Gasteiger partial charge in [0, 0.05) is 11.7 Å². The number of aliphatic hydroxyl groups is 1. The maximum absolute atomic E-state index is 13.8. The average molecular weight is 498 g/mol. The van der Waals surface area contributed by atoms with Crippen LogP contribution in [0.3, 0.4) is 0 Å². The number of nitrogens with one attached hydrogen (secondary N) is 2. The lowest BCUT2D eigenvalue weighted by molar-refractivity contribution is -0.142. The van der Waals surface area contributed by atoms with E-state index >= 15 is 0 Å². The highest BCUT2D eigenvalue weighted by atomic mass is 16.6. The Hall–Kier alpha value is -3.59. The fourth-order valence-corrected chi connectivity index (χ4v) is 4.03. The Labute approximate surface area is 211 Å². The molecule has 2 aromatic rings. The minimum atomic E-state index is -1.32. The third kappa shape index (κ3) is 6.75. The number of phenolic OH excluding ortho intramolecular Hbond substituents is 1. The minimum absolute atomic E-state index is 0.0528. The van der Waals surface area contributed by atoms with Gasteiger partial charge in [-0.1, -0.05) is 37.3 Å².